The summed E-state index contributed by atoms with van der Waals surface area (Å²) in [6.45, 7) is 4.38. The number of nitrogens with one attached hydrogen (secondary N) is 2. The van der Waals surface area contributed by atoms with Crippen LogP contribution in [0.3, 0.4) is 0 Å². The molecule has 0 aliphatic carbocycles. The molecule has 0 bridgehead atoms. The van der Waals surface area contributed by atoms with Gasteiger partial charge in [-0.2, -0.15) is 0 Å². The van der Waals surface area contributed by atoms with Crippen molar-refractivity contribution in [2.45, 2.75) is 19.9 Å². The number of ether oxygens (including phenoxy) is 3. The van der Waals surface area contributed by atoms with Crippen molar-refractivity contribution in [3.63, 3.8) is 0 Å². The van der Waals surface area contributed by atoms with E-state index in [1.165, 1.54) is 11.3 Å². The van der Waals surface area contributed by atoms with Crippen LogP contribution in [0, 0.1) is 0 Å². The second-order valence-corrected chi connectivity index (χ2v) is 6.93. The second kappa shape index (κ2) is 11.5. The molecule has 1 fully saturated rings. The van der Waals surface area contributed by atoms with Gasteiger partial charge in [0, 0.05) is 6.54 Å². The van der Waals surface area contributed by atoms with Crippen molar-refractivity contribution >= 4 is 40.1 Å². The van der Waals surface area contributed by atoms with E-state index in [0.29, 0.717) is 18.2 Å². The molecule has 2 amide bonds. The van der Waals surface area contributed by atoms with Crippen LogP contribution in [0.2, 0.25) is 0 Å². The van der Waals surface area contributed by atoms with Crippen LogP contribution < -0.4 is 10.6 Å². The zero-order chi connectivity index (χ0) is 21.2. The van der Waals surface area contributed by atoms with E-state index in [0.717, 1.165) is 0 Å². The standard InChI is InChI=1S/C18H25N3O7S/c1-3-27-15(23)9-19-16(24)13-11-26-7-6-21(13)10-14(22)20-17-12(5-8-29-17)18(25)28-4-2/h5,8,13H,3-4,6-7,9-11H2,1-2H3,(H,19,24)(H,20,22)/t13-/m1/s1. The van der Waals surface area contributed by atoms with Gasteiger partial charge in [-0.25, -0.2) is 4.79 Å². The van der Waals surface area contributed by atoms with Gasteiger partial charge in [0.25, 0.3) is 0 Å². The highest BCUT2D eigenvalue weighted by molar-refractivity contribution is 7.14. The molecule has 2 heterocycles. The Labute approximate surface area is 172 Å². The number of anilines is 1. The van der Waals surface area contributed by atoms with Crippen molar-refractivity contribution in [3.8, 4) is 0 Å². The number of esters is 2. The first kappa shape index (κ1) is 22.8. The van der Waals surface area contributed by atoms with Crippen molar-refractivity contribution in [2.24, 2.45) is 0 Å². The molecular weight excluding hydrogens is 402 g/mol. The summed E-state index contributed by atoms with van der Waals surface area (Å²) < 4.78 is 15.1. The van der Waals surface area contributed by atoms with E-state index in [1.807, 2.05) is 0 Å². The average Bonchev–Trinajstić information content (AvgIpc) is 3.15. The smallest absolute Gasteiger partial charge is 0.341 e. The number of hydrogen-bond donors (Lipinski definition) is 2. The Morgan fingerprint density at radius 2 is 2.00 bits per heavy atom. The average molecular weight is 427 g/mol. The molecule has 1 aliphatic heterocycles. The zero-order valence-corrected chi connectivity index (χ0v) is 17.2. The topological polar surface area (TPSA) is 123 Å². The lowest BCUT2D eigenvalue weighted by Crippen LogP contribution is -2.56. The van der Waals surface area contributed by atoms with Gasteiger partial charge in [-0.3, -0.25) is 19.3 Å². The quantitative estimate of drug-likeness (QED) is 0.538. The molecule has 1 aliphatic rings. The minimum atomic E-state index is -0.711. The Bertz CT molecular complexity index is 737. The Morgan fingerprint density at radius 1 is 1.24 bits per heavy atom. The largest absolute Gasteiger partial charge is 0.465 e. The third kappa shape index (κ3) is 6.80. The first-order valence-corrected chi connectivity index (χ1v) is 10.1. The van der Waals surface area contributed by atoms with Crippen molar-refractivity contribution in [2.75, 3.05) is 51.4 Å². The number of amides is 2. The van der Waals surface area contributed by atoms with Crippen molar-refractivity contribution in [3.05, 3.63) is 17.0 Å². The van der Waals surface area contributed by atoms with Gasteiger partial charge in [-0.15, -0.1) is 11.3 Å². The van der Waals surface area contributed by atoms with E-state index in [1.54, 1.807) is 30.2 Å². The summed E-state index contributed by atoms with van der Waals surface area (Å²) in [5.74, 6) is -1.84. The monoisotopic (exact) mass is 427 g/mol. The molecule has 2 rings (SSSR count). The fraction of sp³-hybridized carbons (Fsp3) is 0.556. The van der Waals surface area contributed by atoms with Gasteiger partial charge in [0.2, 0.25) is 11.8 Å². The summed E-state index contributed by atoms with van der Waals surface area (Å²) in [6.07, 6.45) is 0. The van der Waals surface area contributed by atoms with Crippen LogP contribution in [-0.2, 0) is 28.6 Å². The van der Waals surface area contributed by atoms with E-state index in [4.69, 9.17) is 14.2 Å². The maximum atomic E-state index is 12.5. The number of morpholine rings is 1. The Kier molecular flexibility index (Phi) is 9.03. The zero-order valence-electron chi connectivity index (χ0n) is 16.4. The molecule has 1 aromatic heterocycles. The Morgan fingerprint density at radius 3 is 2.72 bits per heavy atom. The number of rotatable bonds is 9. The number of thiophene rings is 1. The van der Waals surface area contributed by atoms with Gasteiger partial charge < -0.3 is 24.8 Å². The van der Waals surface area contributed by atoms with Gasteiger partial charge in [-0.1, -0.05) is 0 Å². The first-order valence-electron chi connectivity index (χ1n) is 9.25. The highest BCUT2D eigenvalue weighted by atomic mass is 32.1. The van der Waals surface area contributed by atoms with Gasteiger partial charge in [0.15, 0.2) is 0 Å². The Balaban J connectivity index is 1.93. The van der Waals surface area contributed by atoms with Gasteiger partial charge >= 0.3 is 11.9 Å². The molecule has 10 nitrogen and oxygen atoms in total. The van der Waals surface area contributed by atoms with Crippen LogP contribution in [0.5, 0.6) is 0 Å². The Hall–Kier alpha value is -2.50. The van der Waals surface area contributed by atoms with Gasteiger partial charge in [0.1, 0.15) is 17.6 Å². The summed E-state index contributed by atoms with van der Waals surface area (Å²) in [7, 11) is 0. The van der Waals surface area contributed by atoms with Crippen LogP contribution in [0.15, 0.2) is 11.4 Å². The van der Waals surface area contributed by atoms with Crippen LogP contribution in [-0.4, -0.2) is 80.8 Å². The van der Waals surface area contributed by atoms with Crippen molar-refractivity contribution in [1.29, 1.82) is 0 Å². The molecule has 1 atom stereocenters. The fourth-order valence-corrected chi connectivity index (χ4v) is 3.48. The van der Waals surface area contributed by atoms with Gasteiger partial charge in [0.05, 0.1) is 38.5 Å². The summed E-state index contributed by atoms with van der Waals surface area (Å²) in [5.41, 5.74) is 0.288. The summed E-state index contributed by atoms with van der Waals surface area (Å²) >= 11 is 1.21. The van der Waals surface area contributed by atoms with E-state index >= 15 is 0 Å². The minimum absolute atomic E-state index is 0.0684. The van der Waals surface area contributed by atoms with Crippen LogP contribution >= 0.6 is 11.3 Å². The van der Waals surface area contributed by atoms with Crippen LogP contribution in [0.25, 0.3) is 0 Å². The molecule has 11 heteroatoms. The lowest BCUT2D eigenvalue weighted by molar-refractivity contribution is -0.145. The molecule has 29 heavy (non-hydrogen) atoms. The summed E-state index contributed by atoms with van der Waals surface area (Å²) in [5, 5.41) is 7.27. The van der Waals surface area contributed by atoms with Crippen molar-refractivity contribution < 1.29 is 33.4 Å². The fourth-order valence-electron chi connectivity index (χ4n) is 2.68. The molecule has 160 valence electrons. The molecule has 0 spiro atoms. The number of nitrogens with zero attached hydrogens (tertiary/aromatic N) is 1. The number of carbonyl (C=O) groups is 4. The SMILES string of the molecule is CCOC(=O)CNC(=O)[C@H]1COCCN1CC(=O)Nc1sccc1C(=O)OCC. The molecule has 0 saturated carbocycles. The van der Waals surface area contributed by atoms with E-state index in [2.05, 4.69) is 10.6 Å². The normalized spacial score (nSPS) is 16.7. The summed E-state index contributed by atoms with van der Waals surface area (Å²) in [6, 6.07) is 0.871. The number of hydrogen-bond acceptors (Lipinski definition) is 9. The second-order valence-electron chi connectivity index (χ2n) is 6.02. The summed E-state index contributed by atoms with van der Waals surface area (Å²) in [4.78, 5) is 49.9. The predicted molar refractivity (Wildman–Crippen MR) is 105 cm³/mol. The van der Waals surface area contributed by atoms with E-state index in [-0.39, 0.29) is 44.4 Å². The molecule has 0 aromatic carbocycles. The number of carbonyl (C=O) groups excluding carboxylic acids is 4. The molecule has 1 aromatic rings. The lowest BCUT2D eigenvalue weighted by Gasteiger charge is -2.33. The highest BCUT2D eigenvalue weighted by Gasteiger charge is 2.31. The highest BCUT2D eigenvalue weighted by Crippen LogP contribution is 2.24. The maximum Gasteiger partial charge on any atom is 0.341 e. The lowest BCUT2D eigenvalue weighted by atomic mass is 10.2. The third-order valence-corrected chi connectivity index (χ3v) is 4.84. The maximum absolute atomic E-state index is 12.5. The third-order valence-electron chi connectivity index (χ3n) is 4.01. The van der Waals surface area contributed by atoms with E-state index < -0.39 is 23.9 Å². The molecular formula is C18H25N3O7S. The minimum Gasteiger partial charge on any atom is -0.465 e. The van der Waals surface area contributed by atoms with Crippen LogP contribution in [0.4, 0.5) is 5.00 Å². The van der Waals surface area contributed by atoms with Crippen molar-refractivity contribution in [1.82, 2.24) is 10.2 Å². The molecule has 2 N–H and O–H groups in total. The molecule has 0 radical (unpaired) electrons. The molecule has 1 saturated heterocycles. The molecule has 0 unspecified atom stereocenters. The first-order chi connectivity index (χ1) is 14.0. The van der Waals surface area contributed by atoms with E-state index in [9.17, 15) is 19.2 Å². The predicted octanol–water partition coefficient (Wildman–Crippen LogP) is 0.243. The van der Waals surface area contributed by atoms with Gasteiger partial charge in [-0.05, 0) is 25.3 Å². The van der Waals surface area contributed by atoms with Crippen LogP contribution in [0.1, 0.15) is 24.2 Å².